The van der Waals surface area contributed by atoms with Crippen LogP contribution >= 0.6 is 15.9 Å². The van der Waals surface area contributed by atoms with E-state index in [9.17, 15) is 4.79 Å². The zero-order valence-corrected chi connectivity index (χ0v) is 14.9. The predicted molar refractivity (Wildman–Crippen MR) is 98.3 cm³/mol. The molecule has 2 aliphatic rings. The first-order valence-corrected chi connectivity index (χ1v) is 8.88. The van der Waals surface area contributed by atoms with Crippen LogP contribution in [0, 0.1) is 5.92 Å². The zero-order chi connectivity index (χ0) is 16.7. The highest BCUT2D eigenvalue weighted by atomic mass is 79.9. The maximum absolute atomic E-state index is 11.6. The van der Waals surface area contributed by atoms with Crippen molar-refractivity contribution >= 4 is 27.6 Å². The lowest BCUT2D eigenvalue weighted by Crippen LogP contribution is -2.29. The van der Waals surface area contributed by atoms with Crippen LogP contribution in [0.2, 0.25) is 0 Å². The molecular weight excluding hydrogens is 366 g/mol. The van der Waals surface area contributed by atoms with Crippen molar-refractivity contribution in [2.45, 2.75) is 18.4 Å². The number of hydrogen-bond acceptors (Lipinski definition) is 3. The van der Waals surface area contributed by atoms with Gasteiger partial charge in [0.25, 0.3) is 0 Å². The molecule has 3 nitrogen and oxygen atoms in total. The van der Waals surface area contributed by atoms with Crippen LogP contribution in [0.5, 0.6) is 0 Å². The Morgan fingerprint density at radius 1 is 1.21 bits per heavy atom. The molecule has 2 aromatic carbocycles. The first kappa shape index (κ1) is 15.5. The molecule has 0 bridgehead atoms. The number of anilines is 1. The van der Waals surface area contributed by atoms with Gasteiger partial charge >= 0.3 is 5.97 Å². The molecule has 0 spiro atoms. The number of carbonyl (C=O) groups is 1. The summed E-state index contributed by atoms with van der Waals surface area (Å²) in [6, 6.07) is 14.3. The number of para-hydroxylation sites is 1. The third-order valence-corrected chi connectivity index (χ3v) is 5.70. The molecule has 24 heavy (non-hydrogen) atoms. The second-order valence-corrected chi connectivity index (χ2v) is 7.15. The van der Waals surface area contributed by atoms with Gasteiger partial charge in [0.15, 0.2) is 0 Å². The molecule has 4 rings (SSSR count). The first-order valence-electron chi connectivity index (χ1n) is 8.09. The predicted octanol–water partition coefficient (Wildman–Crippen LogP) is 5.06. The van der Waals surface area contributed by atoms with Crippen molar-refractivity contribution in [1.29, 1.82) is 0 Å². The van der Waals surface area contributed by atoms with E-state index in [2.05, 4.69) is 51.6 Å². The number of carbonyl (C=O) groups excluding carboxylic acids is 1. The van der Waals surface area contributed by atoms with Gasteiger partial charge in [0, 0.05) is 10.4 Å². The van der Waals surface area contributed by atoms with Crippen LogP contribution in [0.15, 0.2) is 59.1 Å². The number of halogens is 1. The number of ether oxygens (including phenoxy) is 1. The second kappa shape index (κ2) is 6.10. The Labute approximate surface area is 149 Å². The molecule has 0 fully saturated rings. The van der Waals surface area contributed by atoms with Gasteiger partial charge in [-0.2, -0.15) is 0 Å². The molecule has 0 aromatic heterocycles. The molecule has 0 saturated carbocycles. The molecule has 2 aromatic rings. The van der Waals surface area contributed by atoms with Gasteiger partial charge in [0.2, 0.25) is 0 Å². The van der Waals surface area contributed by atoms with E-state index in [1.54, 1.807) is 0 Å². The first-order chi connectivity index (χ1) is 11.7. The van der Waals surface area contributed by atoms with E-state index in [1.165, 1.54) is 23.9 Å². The van der Waals surface area contributed by atoms with Gasteiger partial charge < -0.3 is 10.1 Å². The number of methoxy groups -OCH3 is 1. The minimum atomic E-state index is -0.299. The number of esters is 1. The summed E-state index contributed by atoms with van der Waals surface area (Å²) in [5, 5.41) is 3.71. The fraction of sp³-hybridized carbons (Fsp3) is 0.250. The molecule has 4 heteroatoms. The SMILES string of the molecule is COC(=O)c1ccc([C@@H]2Nc3c(Br)cccc3[C@H]3C=CC[C@@H]32)cc1. The lowest BCUT2D eigenvalue weighted by molar-refractivity contribution is 0.0600. The second-order valence-electron chi connectivity index (χ2n) is 6.29. The average Bonchev–Trinajstić information content (AvgIpc) is 3.11. The standard InChI is InChI=1S/C20H18BrNO2/c1-24-20(23)13-10-8-12(9-11-13)18-15-5-2-4-14(15)16-6-3-7-17(21)19(16)22-18/h2-4,6-11,14-15,18,22H,5H2,1H3/t14-,15-,18-/m0/s1. The zero-order valence-electron chi connectivity index (χ0n) is 13.3. The summed E-state index contributed by atoms with van der Waals surface area (Å²) in [4.78, 5) is 11.6. The molecular formula is C20H18BrNO2. The van der Waals surface area contributed by atoms with Gasteiger partial charge in [-0.25, -0.2) is 4.79 Å². The van der Waals surface area contributed by atoms with Crippen molar-refractivity contribution in [2.24, 2.45) is 5.92 Å². The Balaban J connectivity index is 1.71. The Morgan fingerprint density at radius 2 is 2.00 bits per heavy atom. The molecule has 1 N–H and O–H groups in total. The van der Waals surface area contributed by atoms with Crippen LogP contribution in [0.25, 0.3) is 0 Å². The fourth-order valence-corrected chi connectivity index (χ4v) is 4.35. The monoisotopic (exact) mass is 383 g/mol. The summed E-state index contributed by atoms with van der Waals surface area (Å²) in [6.45, 7) is 0. The normalized spacial score (nSPS) is 24.0. The van der Waals surface area contributed by atoms with Crippen LogP contribution in [0.4, 0.5) is 5.69 Å². The van der Waals surface area contributed by atoms with Gasteiger partial charge in [0.05, 0.1) is 24.4 Å². The van der Waals surface area contributed by atoms with Crippen molar-refractivity contribution in [2.75, 3.05) is 12.4 Å². The van der Waals surface area contributed by atoms with Gasteiger partial charge in [-0.05, 0) is 57.6 Å². The molecule has 0 saturated heterocycles. The quantitative estimate of drug-likeness (QED) is 0.581. The molecule has 0 amide bonds. The van der Waals surface area contributed by atoms with Crippen molar-refractivity contribution in [3.8, 4) is 0 Å². The maximum Gasteiger partial charge on any atom is 0.337 e. The number of nitrogens with one attached hydrogen (secondary N) is 1. The molecule has 0 radical (unpaired) electrons. The van der Waals surface area contributed by atoms with E-state index >= 15 is 0 Å². The molecule has 1 heterocycles. The highest BCUT2D eigenvalue weighted by Gasteiger charge is 2.38. The van der Waals surface area contributed by atoms with Crippen LogP contribution in [-0.4, -0.2) is 13.1 Å². The summed E-state index contributed by atoms with van der Waals surface area (Å²) >= 11 is 3.67. The van der Waals surface area contributed by atoms with Gasteiger partial charge in [0.1, 0.15) is 0 Å². The molecule has 1 aliphatic heterocycles. The lowest BCUT2D eigenvalue weighted by atomic mass is 9.77. The molecule has 0 unspecified atom stereocenters. The van der Waals surface area contributed by atoms with E-state index in [1.807, 2.05) is 24.3 Å². The van der Waals surface area contributed by atoms with E-state index in [0.29, 0.717) is 17.4 Å². The van der Waals surface area contributed by atoms with Crippen LogP contribution < -0.4 is 5.32 Å². The number of hydrogen-bond donors (Lipinski definition) is 1. The molecule has 1 aliphatic carbocycles. The van der Waals surface area contributed by atoms with Crippen LogP contribution in [0.3, 0.4) is 0 Å². The summed E-state index contributed by atoms with van der Waals surface area (Å²) in [7, 11) is 1.40. The van der Waals surface area contributed by atoms with Crippen LogP contribution in [0.1, 0.15) is 39.9 Å². The molecule has 122 valence electrons. The number of benzene rings is 2. The third-order valence-electron chi connectivity index (χ3n) is 5.04. The Kier molecular flexibility index (Phi) is 3.93. The van der Waals surface area contributed by atoms with E-state index < -0.39 is 0 Å². The summed E-state index contributed by atoms with van der Waals surface area (Å²) in [5.74, 6) is 0.631. The lowest BCUT2D eigenvalue weighted by Gasteiger charge is -2.38. The summed E-state index contributed by atoms with van der Waals surface area (Å²) in [6.07, 6.45) is 5.67. The van der Waals surface area contributed by atoms with Crippen molar-refractivity contribution in [3.63, 3.8) is 0 Å². The minimum Gasteiger partial charge on any atom is -0.465 e. The van der Waals surface area contributed by atoms with Gasteiger partial charge in [-0.1, -0.05) is 36.4 Å². The Hall–Kier alpha value is -2.07. The van der Waals surface area contributed by atoms with Crippen molar-refractivity contribution < 1.29 is 9.53 Å². The highest BCUT2D eigenvalue weighted by molar-refractivity contribution is 9.10. The average molecular weight is 384 g/mol. The maximum atomic E-state index is 11.6. The van der Waals surface area contributed by atoms with Crippen LogP contribution in [-0.2, 0) is 4.74 Å². The van der Waals surface area contributed by atoms with Crippen molar-refractivity contribution in [3.05, 3.63) is 75.8 Å². The number of rotatable bonds is 2. The van der Waals surface area contributed by atoms with Gasteiger partial charge in [-0.15, -0.1) is 0 Å². The number of allylic oxidation sites excluding steroid dienone is 2. The van der Waals surface area contributed by atoms with Gasteiger partial charge in [-0.3, -0.25) is 0 Å². The van der Waals surface area contributed by atoms with Crippen molar-refractivity contribution in [1.82, 2.24) is 0 Å². The number of fused-ring (bicyclic) bond motifs is 3. The summed E-state index contributed by atoms with van der Waals surface area (Å²) in [5.41, 5.74) is 4.31. The highest BCUT2D eigenvalue weighted by Crippen LogP contribution is 2.51. The largest absolute Gasteiger partial charge is 0.465 e. The smallest absolute Gasteiger partial charge is 0.337 e. The Morgan fingerprint density at radius 3 is 2.75 bits per heavy atom. The minimum absolute atomic E-state index is 0.225. The topological polar surface area (TPSA) is 38.3 Å². The molecule has 3 atom stereocenters. The fourth-order valence-electron chi connectivity index (χ4n) is 3.86. The van der Waals surface area contributed by atoms with E-state index in [0.717, 1.165) is 10.9 Å². The summed E-state index contributed by atoms with van der Waals surface area (Å²) < 4.78 is 5.87. The Bertz CT molecular complexity index is 813. The third kappa shape index (κ3) is 2.46. The van der Waals surface area contributed by atoms with E-state index in [4.69, 9.17) is 4.74 Å². The van der Waals surface area contributed by atoms with E-state index in [-0.39, 0.29) is 12.0 Å².